The van der Waals surface area contributed by atoms with Crippen LogP contribution in [0, 0.1) is 0 Å². The molecule has 0 amide bonds. The van der Waals surface area contributed by atoms with E-state index in [0.717, 1.165) is 25.2 Å². The molecule has 164 valence electrons. The third-order valence-corrected chi connectivity index (χ3v) is 5.67. The van der Waals surface area contributed by atoms with Gasteiger partial charge in [-0.1, -0.05) is 12.1 Å². The Morgan fingerprint density at radius 2 is 2.16 bits per heavy atom. The SMILES string of the molecule is C=CCn1c(=O)c2cnc(Nc3ccc4c(c3)CCNC4)nc2n1-c1ccn(C(C)C)n1. The summed E-state index contributed by atoms with van der Waals surface area (Å²) in [5, 5.41) is 11.8. The first kappa shape index (κ1) is 20.2. The van der Waals surface area contributed by atoms with Crippen molar-refractivity contribution in [1.29, 1.82) is 0 Å². The Morgan fingerprint density at radius 1 is 1.28 bits per heavy atom. The number of nitrogens with one attached hydrogen (secondary N) is 2. The number of nitrogens with zero attached hydrogens (tertiary/aromatic N) is 6. The number of hydrogen-bond acceptors (Lipinski definition) is 6. The quantitative estimate of drug-likeness (QED) is 0.457. The monoisotopic (exact) mass is 430 g/mol. The van der Waals surface area contributed by atoms with Crippen LogP contribution in [-0.2, 0) is 19.5 Å². The van der Waals surface area contributed by atoms with Crippen LogP contribution >= 0.6 is 0 Å². The van der Waals surface area contributed by atoms with Gasteiger partial charge in [-0.3, -0.25) is 9.48 Å². The Kier molecular flexibility index (Phi) is 5.10. The van der Waals surface area contributed by atoms with E-state index < -0.39 is 0 Å². The fourth-order valence-electron chi connectivity index (χ4n) is 4.02. The number of fused-ring (bicyclic) bond motifs is 2. The second-order valence-corrected chi connectivity index (χ2v) is 8.20. The summed E-state index contributed by atoms with van der Waals surface area (Å²) in [5.41, 5.74) is 3.89. The Balaban J connectivity index is 1.59. The van der Waals surface area contributed by atoms with Gasteiger partial charge in [-0.15, -0.1) is 6.58 Å². The molecule has 0 fully saturated rings. The van der Waals surface area contributed by atoms with Gasteiger partial charge < -0.3 is 10.6 Å². The largest absolute Gasteiger partial charge is 0.324 e. The van der Waals surface area contributed by atoms with Crippen molar-refractivity contribution >= 4 is 22.7 Å². The van der Waals surface area contributed by atoms with E-state index in [0.29, 0.717) is 29.3 Å². The van der Waals surface area contributed by atoms with Gasteiger partial charge in [-0.2, -0.15) is 10.1 Å². The molecule has 0 saturated heterocycles. The number of hydrogen-bond donors (Lipinski definition) is 2. The zero-order valence-corrected chi connectivity index (χ0v) is 18.2. The molecule has 0 spiro atoms. The third-order valence-electron chi connectivity index (χ3n) is 5.67. The Bertz CT molecular complexity index is 1360. The molecule has 1 aromatic carbocycles. The molecule has 9 nitrogen and oxygen atoms in total. The van der Waals surface area contributed by atoms with Crippen molar-refractivity contribution in [3.63, 3.8) is 0 Å². The summed E-state index contributed by atoms with van der Waals surface area (Å²) in [6, 6.07) is 8.38. The first-order valence-electron chi connectivity index (χ1n) is 10.8. The summed E-state index contributed by atoms with van der Waals surface area (Å²) in [7, 11) is 0. The lowest BCUT2D eigenvalue weighted by molar-refractivity contribution is 0.518. The van der Waals surface area contributed by atoms with E-state index in [4.69, 9.17) is 4.98 Å². The second kappa shape index (κ2) is 8.08. The zero-order chi connectivity index (χ0) is 22.2. The van der Waals surface area contributed by atoms with Gasteiger partial charge in [0.2, 0.25) is 5.95 Å². The van der Waals surface area contributed by atoms with Crippen LogP contribution in [0.5, 0.6) is 0 Å². The lowest BCUT2D eigenvalue weighted by Gasteiger charge is -2.18. The zero-order valence-electron chi connectivity index (χ0n) is 18.2. The molecule has 4 heterocycles. The highest BCUT2D eigenvalue weighted by Gasteiger charge is 2.19. The average Bonchev–Trinajstić information content (AvgIpc) is 3.38. The highest BCUT2D eigenvalue weighted by molar-refractivity contribution is 5.77. The molecule has 4 aromatic rings. The number of rotatable bonds is 6. The van der Waals surface area contributed by atoms with Crippen LogP contribution in [0.4, 0.5) is 11.6 Å². The van der Waals surface area contributed by atoms with Gasteiger partial charge >= 0.3 is 0 Å². The van der Waals surface area contributed by atoms with Gasteiger partial charge in [-0.05, 0) is 50.1 Å². The Morgan fingerprint density at radius 3 is 2.94 bits per heavy atom. The Hall–Kier alpha value is -3.72. The Labute approximate surface area is 185 Å². The maximum Gasteiger partial charge on any atom is 0.278 e. The maximum atomic E-state index is 13.0. The third kappa shape index (κ3) is 3.50. The normalized spacial score (nSPS) is 13.5. The van der Waals surface area contributed by atoms with Gasteiger partial charge in [0.05, 0.1) is 6.54 Å². The van der Waals surface area contributed by atoms with Crippen molar-refractivity contribution in [3.8, 4) is 5.82 Å². The standard InChI is InChI=1S/C23H26N8O/c1-4-10-30-22(32)19-14-25-23(26-18-6-5-17-13-24-9-7-16(17)12-18)27-21(19)31(30)20-8-11-29(28-20)15(2)3/h4-6,8,11-12,14-15,24H,1,7,9-10,13H2,2-3H3,(H,25,26,27). The van der Waals surface area contributed by atoms with Gasteiger partial charge in [0.15, 0.2) is 11.5 Å². The predicted octanol–water partition coefficient (Wildman–Crippen LogP) is 2.93. The molecule has 0 bridgehead atoms. The van der Waals surface area contributed by atoms with Crippen LogP contribution in [-0.4, -0.2) is 35.7 Å². The van der Waals surface area contributed by atoms with Gasteiger partial charge in [0.1, 0.15) is 5.39 Å². The molecule has 0 radical (unpaired) electrons. The van der Waals surface area contributed by atoms with Crippen LogP contribution in [0.2, 0.25) is 0 Å². The van der Waals surface area contributed by atoms with E-state index in [-0.39, 0.29) is 11.6 Å². The highest BCUT2D eigenvalue weighted by atomic mass is 16.1. The molecule has 0 atom stereocenters. The van der Waals surface area contributed by atoms with Gasteiger partial charge in [0, 0.05) is 36.7 Å². The topological polar surface area (TPSA) is 94.6 Å². The number of anilines is 2. The molecular formula is C23H26N8O. The maximum absolute atomic E-state index is 13.0. The molecule has 5 rings (SSSR count). The first-order chi connectivity index (χ1) is 15.5. The summed E-state index contributed by atoms with van der Waals surface area (Å²) in [5.74, 6) is 1.05. The van der Waals surface area contributed by atoms with E-state index in [1.807, 2.05) is 23.0 Å². The van der Waals surface area contributed by atoms with Crippen molar-refractivity contribution < 1.29 is 0 Å². The highest BCUT2D eigenvalue weighted by Crippen LogP contribution is 2.22. The minimum atomic E-state index is -0.174. The van der Waals surface area contributed by atoms with E-state index in [9.17, 15) is 4.79 Å². The molecule has 0 aliphatic carbocycles. The minimum absolute atomic E-state index is 0.174. The van der Waals surface area contributed by atoms with Crippen LogP contribution in [0.15, 0.2) is 54.1 Å². The van der Waals surface area contributed by atoms with E-state index >= 15 is 0 Å². The number of benzene rings is 1. The lowest BCUT2D eigenvalue weighted by atomic mass is 10.0. The van der Waals surface area contributed by atoms with Crippen molar-refractivity contribution in [2.45, 2.75) is 39.4 Å². The van der Waals surface area contributed by atoms with Crippen molar-refractivity contribution in [2.24, 2.45) is 0 Å². The summed E-state index contributed by atoms with van der Waals surface area (Å²) in [6.07, 6.45) is 6.15. The van der Waals surface area contributed by atoms with E-state index in [1.54, 1.807) is 21.6 Å². The first-order valence-corrected chi connectivity index (χ1v) is 10.8. The molecule has 9 heteroatoms. The number of aromatic nitrogens is 6. The summed E-state index contributed by atoms with van der Waals surface area (Å²) >= 11 is 0. The summed E-state index contributed by atoms with van der Waals surface area (Å²) in [4.78, 5) is 22.1. The van der Waals surface area contributed by atoms with E-state index in [1.165, 1.54) is 11.1 Å². The van der Waals surface area contributed by atoms with Crippen molar-refractivity contribution in [2.75, 3.05) is 11.9 Å². The van der Waals surface area contributed by atoms with Crippen molar-refractivity contribution in [1.82, 2.24) is 34.4 Å². The second-order valence-electron chi connectivity index (χ2n) is 8.20. The smallest absolute Gasteiger partial charge is 0.278 e. The van der Waals surface area contributed by atoms with Crippen LogP contribution in [0.1, 0.15) is 31.0 Å². The minimum Gasteiger partial charge on any atom is -0.324 e. The van der Waals surface area contributed by atoms with Crippen LogP contribution in [0.3, 0.4) is 0 Å². The molecule has 32 heavy (non-hydrogen) atoms. The fraction of sp³-hybridized carbons (Fsp3) is 0.304. The predicted molar refractivity (Wildman–Crippen MR) is 125 cm³/mol. The number of allylic oxidation sites excluding steroid dienone is 1. The molecule has 1 aliphatic heterocycles. The molecule has 3 aromatic heterocycles. The molecular weight excluding hydrogens is 404 g/mol. The summed E-state index contributed by atoms with van der Waals surface area (Å²) in [6.45, 7) is 10.1. The molecule has 0 unspecified atom stereocenters. The van der Waals surface area contributed by atoms with Gasteiger partial charge in [-0.25, -0.2) is 14.3 Å². The summed E-state index contributed by atoms with van der Waals surface area (Å²) < 4.78 is 5.17. The van der Waals surface area contributed by atoms with Crippen LogP contribution < -0.4 is 16.2 Å². The van der Waals surface area contributed by atoms with Crippen LogP contribution in [0.25, 0.3) is 16.9 Å². The molecule has 1 aliphatic rings. The van der Waals surface area contributed by atoms with Gasteiger partial charge in [0.25, 0.3) is 5.56 Å². The van der Waals surface area contributed by atoms with E-state index in [2.05, 4.69) is 53.3 Å². The lowest BCUT2D eigenvalue weighted by Crippen LogP contribution is -2.23. The fourth-order valence-corrected chi connectivity index (χ4v) is 4.02. The molecule has 2 N–H and O–H groups in total. The average molecular weight is 431 g/mol. The van der Waals surface area contributed by atoms with Crippen molar-refractivity contribution in [3.05, 3.63) is 70.8 Å². The molecule has 0 saturated carbocycles.